The Balaban J connectivity index is 0.00000420. The SMILES string of the molecule is CCNC(=NCc1ccc(OCCO)c(OC)c1)NCC1(CCOC)CCC1.I. The van der Waals surface area contributed by atoms with Gasteiger partial charge < -0.3 is 30.0 Å². The van der Waals surface area contributed by atoms with E-state index in [-0.39, 0.29) is 37.2 Å². The number of methoxy groups -OCH3 is 2. The van der Waals surface area contributed by atoms with Crippen molar-refractivity contribution in [2.75, 3.05) is 47.1 Å². The number of aliphatic hydroxyl groups excluding tert-OH is 1. The zero-order valence-electron chi connectivity index (χ0n) is 17.8. The zero-order valence-corrected chi connectivity index (χ0v) is 20.2. The lowest BCUT2D eigenvalue weighted by Gasteiger charge is -2.42. The molecular formula is C21H36IN3O4. The van der Waals surface area contributed by atoms with Gasteiger partial charge in [0.2, 0.25) is 0 Å². The molecule has 1 aliphatic carbocycles. The van der Waals surface area contributed by atoms with Crippen molar-refractivity contribution in [3.05, 3.63) is 23.8 Å². The largest absolute Gasteiger partial charge is 0.493 e. The summed E-state index contributed by atoms with van der Waals surface area (Å²) in [7, 11) is 3.37. The molecule has 0 spiro atoms. The van der Waals surface area contributed by atoms with E-state index in [1.807, 2.05) is 18.2 Å². The smallest absolute Gasteiger partial charge is 0.191 e. The van der Waals surface area contributed by atoms with Gasteiger partial charge in [-0.05, 0) is 49.3 Å². The zero-order chi connectivity index (χ0) is 20.2. The van der Waals surface area contributed by atoms with Crippen molar-refractivity contribution in [2.45, 2.75) is 39.2 Å². The van der Waals surface area contributed by atoms with Crippen LogP contribution >= 0.6 is 24.0 Å². The number of benzene rings is 1. The Bertz CT molecular complexity index is 624. The lowest BCUT2D eigenvalue weighted by molar-refractivity contribution is 0.0732. The molecular weight excluding hydrogens is 485 g/mol. The summed E-state index contributed by atoms with van der Waals surface area (Å²) in [6.07, 6.45) is 4.87. The van der Waals surface area contributed by atoms with E-state index in [0.717, 1.165) is 37.6 Å². The number of aliphatic imine (C=N–C) groups is 1. The summed E-state index contributed by atoms with van der Waals surface area (Å²) in [6.45, 7) is 5.36. The molecule has 1 saturated carbocycles. The third-order valence-electron chi connectivity index (χ3n) is 5.22. The second kappa shape index (κ2) is 13.9. The van der Waals surface area contributed by atoms with Gasteiger partial charge in [0.15, 0.2) is 17.5 Å². The molecule has 1 aliphatic rings. The fraction of sp³-hybridized carbons (Fsp3) is 0.667. The molecule has 0 aliphatic heterocycles. The minimum atomic E-state index is -0.0290. The molecule has 3 N–H and O–H groups in total. The van der Waals surface area contributed by atoms with Crippen molar-refractivity contribution in [3.8, 4) is 11.5 Å². The monoisotopic (exact) mass is 521 g/mol. The Morgan fingerprint density at radius 3 is 2.55 bits per heavy atom. The summed E-state index contributed by atoms with van der Waals surface area (Å²) >= 11 is 0. The van der Waals surface area contributed by atoms with Crippen LogP contribution in [0.3, 0.4) is 0 Å². The normalized spacial score (nSPS) is 15.1. The summed E-state index contributed by atoms with van der Waals surface area (Å²) in [4.78, 5) is 4.72. The van der Waals surface area contributed by atoms with Crippen molar-refractivity contribution in [3.63, 3.8) is 0 Å². The van der Waals surface area contributed by atoms with Gasteiger partial charge in [0.05, 0.1) is 20.3 Å². The Labute approximate surface area is 191 Å². The molecule has 0 aromatic heterocycles. The first-order chi connectivity index (χ1) is 13.7. The fourth-order valence-corrected chi connectivity index (χ4v) is 3.38. The number of rotatable bonds is 12. The average molecular weight is 521 g/mol. The Hall–Kier alpha value is -1.26. The van der Waals surface area contributed by atoms with E-state index < -0.39 is 0 Å². The molecule has 0 saturated heterocycles. The van der Waals surface area contributed by atoms with Crippen LogP contribution in [-0.2, 0) is 11.3 Å². The van der Waals surface area contributed by atoms with E-state index >= 15 is 0 Å². The Morgan fingerprint density at radius 2 is 1.97 bits per heavy atom. The highest BCUT2D eigenvalue weighted by Crippen LogP contribution is 2.43. The second-order valence-corrected chi connectivity index (χ2v) is 7.20. The van der Waals surface area contributed by atoms with Crippen LogP contribution in [-0.4, -0.2) is 58.2 Å². The molecule has 0 unspecified atom stereocenters. The van der Waals surface area contributed by atoms with Crippen LogP contribution in [0.2, 0.25) is 0 Å². The predicted octanol–water partition coefficient (Wildman–Crippen LogP) is 2.95. The highest BCUT2D eigenvalue weighted by Gasteiger charge is 2.36. The highest BCUT2D eigenvalue weighted by molar-refractivity contribution is 14.0. The van der Waals surface area contributed by atoms with Gasteiger partial charge in [-0.3, -0.25) is 0 Å². The number of hydrogen-bond donors (Lipinski definition) is 3. The minimum Gasteiger partial charge on any atom is -0.493 e. The fourth-order valence-electron chi connectivity index (χ4n) is 3.38. The number of nitrogens with one attached hydrogen (secondary N) is 2. The first kappa shape index (κ1) is 25.8. The topological polar surface area (TPSA) is 84.3 Å². The number of aliphatic hydroxyl groups is 1. The molecule has 1 aromatic carbocycles. The van der Waals surface area contributed by atoms with E-state index in [4.69, 9.17) is 24.3 Å². The molecule has 0 amide bonds. The van der Waals surface area contributed by atoms with Gasteiger partial charge in [0, 0.05) is 26.8 Å². The number of nitrogens with zero attached hydrogens (tertiary/aromatic N) is 1. The number of ether oxygens (including phenoxy) is 3. The van der Waals surface area contributed by atoms with Crippen LogP contribution in [0.1, 0.15) is 38.2 Å². The second-order valence-electron chi connectivity index (χ2n) is 7.20. The van der Waals surface area contributed by atoms with Crippen molar-refractivity contribution >= 4 is 29.9 Å². The van der Waals surface area contributed by atoms with Crippen molar-refractivity contribution in [2.24, 2.45) is 10.4 Å². The van der Waals surface area contributed by atoms with Gasteiger partial charge in [-0.1, -0.05) is 12.5 Å². The van der Waals surface area contributed by atoms with Gasteiger partial charge >= 0.3 is 0 Å². The maximum Gasteiger partial charge on any atom is 0.191 e. The summed E-state index contributed by atoms with van der Waals surface area (Å²) < 4.78 is 16.1. The van der Waals surface area contributed by atoms with Crippen LogP contribution < -0.4 is 20.1 Å². The summed E-state index contributed by atoms with van der Waals surface area (Å²) in [5, 5.41) is 15.7. The minimum absolute atomic E-state index is 0. The van der Waals surface area contributed by atoms with Gasteiger partial charge in [0.1, 0.15) is 6.61 Å². The standard InChI is InChI=1S/C21H35N3O4.HI/c1-4-22-20(24-16-21(8-5-9-21)10-12-26-2)23-15-17-6-7-18(28-13-11-25)19(14-17)27-3;/h6-7,14,25H,4-5,8-13,15-16H2,1-3H3,(H2,22,23,24);1H. The van der Waals surface area contributed by atoms with E-state index in [9.17, 15) is 0 Å². The van der Waals surface area contributed by atoms with E-state index in [2.05, 4.69) is 17.6 Å². The molecule has 8 heteroatoms. The number of hydrogen-bond acceptors (Lipinski definition) is 5. The van der Waals surface area contributed by atoms with Crippen molar-refractivity contribution in [1.82, 2.24) is 10.6 Å². The average Bonchev–Trinajstić information content (AvgIpc) is 2.69. The quantitative estimate of drug-likeness (QED) is 0.223. The third-order valence-corrected chi connectivity index (χ3v) is 5.22. The van der Waals surface area contributed by atoms with Crippen LogP contribution in [0.4, 0.5) is 0 Å². The molecule has 1 aromatic rings. The lowest BCUT2D eigenvalue weighted by atomic mass is 9.67. The molecule has 1 fully saturated rings. The summed E-state index contributed by atoms with van der Waals surface area (Å²) in [6, 6.07) is 5.74. The lowest BCUT2D eigenvalue weighted by Crippen LogP contribution is -2.46. The van der Waals surface area contributed by atoms with E-state index in [1.165, 1.54) is 19.3 Å². The van der Waals surface area contributed by atoms with E-state index in [0.29, 0.717) is 23.5 Å². The third kappa shape index (κ3) is 8.18. The number of guanidine groups is 1. The molecule has 7 nitrogen and oxygen atoms in total. The Kier molecular flexibility index (Phi) is 12.3. The molecule has 29 heavy (non-hydrogen) atoms. The molecule has 166 valence electrons. The van der Waals surface area contributed by atoms with Gasteiger partial charge in [-0.25, -0.2) is 4.99 Å². The van der Waals surface area contributed by atoms with Crippen LogP contribution in [0.15, 0.2) is 23.2 Å². The molecule has 0 bridgehead atoms. The first-order valence-electron chi connectivity index (χ1n) is 10.1. The molecule has 0 atom stereocenters. The van der Waals surface area contributed by atoms with Crippen LogP contribution in [0.25, 0.3) is 0 Å². The van der Waals surface area contributed by atoms with Crippen LogP contribution in [0.5, 0.6) is 11.5 Å². The van der Waals surface area contributed by atoms with Gasteiger partial charge in [-0.15, -0.1) is 24.0 Å². The van der Waals surface area contributed by atoms with Crippen LogP contribution in [0, 0.1) is 5.41 Å². The van der Waals surface area contributed by atoms with Crippen molar-refractivity contribution < 1.29 is 19.3 Å². The number of halogens is 1. The maximum atomic E-state index is 8.91. The molecule has 0 heterocycles. The molecule has 2 rings (SSSR count). The first-order valence-corrected chi connectivity index (χ1v) is 10.1. The van der Waals surface area contributed by atoms with Gasteiger partial charge in [0.25, 0.3) is 0 Å². The van der Waals surface area contributed by atoms with Crippen molar-refractivity contribution in [1.29, 1.82) is 0 Å². The Morgan fingerprint density at radius 1 is 1.17 bits per heavy atom. The summed E-state index contributed by atoms with van der Waals surface area (Å²) in [5.74, 6) is 2.09. The maximum absolute atomic E-state index is 8.91. The van der Waals surface area contributed by atoms with E-state index in [1.54, 1.807) is 14.2 Å². The predicted molar refractivity (Wildman–Crippen MR) is 127 cm³/mol. The highest BCUT2D eigenvalue weighted by atomic mass is 127. The molecule has 0 radical (unpaired) electrons. The summed E-state index contributed by atoms with van der Waals surface area (Å²) in [5.41, 5.74) is 1.37. The van der Waals surface area contributed by atoms with Gasteiger partial charge in [-0.2, -0.15) is 0 Å².